The lowest BCUT2D eigenvalue weighted by Gasteiger charge is -2.13. The van der Waals surface area contributed by atoms with E-state index in [-0.39, 0.29) is 11.9 Å². The lowest BCUT2D eigenvalue weighted by Crippen LogP contribution is -2.42. The minimum atomic E-state index is -0.282. The van der Waals surface area contributed by atoms with Gasteiger partial charge in [-0.3, -0.25) is 10.1 Å². The van der Waals surface area contributed by atoms with Crippen molar-refractivity contribution in [1.82, 2.24) is 10.6 Å². The number of rotatable bonds is 6. The molecule has 0 heterocycles. The van der Waals surface area contributed by atoms with E-state index in [2.05, 4.69) is 10.6 Å². The second kappa shape index (κ2) is 9.04. The van der Waals surface area contributed by atoms with Crippen LogP contribution in [0.15, 0.2) is 24.3 Å². The molecule has 0 aliphatic rings. The first-order valence-corrected chi connectivity index (χ1v) is 7.42. The minimum absolute atomic E-state index is 0.225. The van der Waals surface area contributed by atoms with Crippen LogP contribution in [-0.2, 0) is 4.79 Å². The van der Waals surface area contributed by atoms with Gasteiger partial charge < -0.3 is 14.8 Å². The summed E-state index contributed by atoms with van der Waals surface area (Å²) in [5, 5.41) is 5.96. The van der Waals surface area contributed by atoms with Crippen LogP contribution in [0.1, 0.15) is 25.8 Å². The fourth-order valence-corrected chi connectivity index (χ4v) is 1.95. The molecule has 2 N–H and O–H groups in total. The number of thiocarbonyl (C=S) groups is 1. The van der Waals surface area contributed by atoms with Crippen molar-refractivity contribution in [1.29, 1.82) is 0 Å². The Morgan fingerprint density at radius 3 is 2.59 bits per heavy atom. The molecule has 0 saturated heterocycles. The Morgan fingerprint density at radius 2 is 2.00 bits per heavy atom. The zero-order valence-corrected chi connectivity index (χ0v) is 14.1. The van der Waals surface area contributed by atoms with E-state index in [1.54, 1.807) is 32.4 Å². The first-order chi connectivity index (χ1) is 10.5. The summed E-state index contributed by atoms with van der Waals surface area (Å²) in [7, 11) is 3.14. The average Bonchev–Trinajstić information content (AvgIpc) is 2.52. The first-order valence-electron chi connectivity index (χ1n) is 7.01. The Kier molecular flexibility index (Phi) is 7.39. The van der Waals surface area contributed by atoms with Crippen molar-refractivity contribution in [3.8, 4) is 11.5 Å². The first kappa shape index (κ1) is 18.0. The number of benzene rings is 1. The van der Waals surface area contributed by atoms with Crippen LogP contribution >= 0.6 is 12.2 Å². The van der Waals surface area contributed by atoms with Gasteiger partial charge in [-0.1, -0.05) is 13.0 Å². The number of hydrogen-bond donors (Lipinski definition) is 2. The number of nitrogens with one attached hydrogen (secondary N) is 2. The van der Waals surface area contributed by atoms with Crippen LogP contribution in [0.3, 0.4) is 0 Å². The summed E-state index contributed by atoms with van der Waals surface area (Å²) in [5.41, 5.74) is 0.827. The van der Waals surface area contributed by atoms with Gasteiger partial charge in [0.1, 0.15) is 0 Å². The molecule has 1 unspecified atom stereocenters. The summed E-state index contributed by atoms with van der Waals surface area (Å²) in [5.74, 6) is 0.970. The maximum atomic E-state index is 11.8. The summed E-state index contributed by atoms with van der Waals surface area (Å²) in [6.07, 6.45) is 4.03. The Morgan fingerprint density at radius 1 is 1.32 bits per heavy atom. The number of ether oxygens (including phenoxy) is 2. The molecule has 0 aliphatic heterocycles. The maximum Gasteiger partial charge on any atom is 0.250 e. The van der Waals surface area contributed by atoms with Crippen molar-refractivity contribution < 1.29 is 14.3 Å². The van der Waals surface area contributed by atoms with Gasteiger partial charge in [-0.05, 0) is 49.3 Å². The molecule has 6 heteroatoms. The van der Waals surface area contributed by atoms with Gasteiger partial charge in [-0.15, -0.1) is 0 Å². The molecule has 5 nitrogen and oxygen atoms in total. The highest BCUT2D eigenvalue weighted by Crippen LogP contribution is 2.27. The fraction of sp³-hybridized carbons (Fsp3) is 0.375. The molecule has 0 aromatic heterocycles. The molecule has 0 radical (unpaired) electrons. The molecule has 1 atom stereocenters. The molecule has 1 aromatic carbocycles. The third-order valence-electron chi connectivity index (χ3n) is 3.06. The molecule has 1 rings (SSSR count). The summed E-state index contributed by atoms with van der Waals surface area (Å²) in [6, 6.07) is 5.63. The Hall–Kier alpha value is -2.08. The molecule has 0 fully saturated rings. The van der Waals surface area contributed by atoms with Crippen molar-refractivity contribution in [3.63, 3.8) is 0 Å². The van der Waals surface area contributed by atoms with Crippen LogP contribution in [0, 0.1) is 0 Å². The fourth-order valence-electron chi connectivity index (χ4n) is 1.64. The van der Waals surface area contributed by atoms with E-state index in [0.717, 1.165) is 12.0 Å². The van der Waals surface area contributed by atoms with Crippen molar-refractivity contribution in [2.75, 3.05) is 14.2 Å². The lowest BCUT2D eigenvalue weighted by atomic mass is 10.2. The third-order valence-corrected chi connectivity index (χ3v) is 3.28. The van der Waals surface area contributed by atoms with E-state index >= 15 is 0 Å². The summed E-state index contributed by atoms with van der Waals surface area (Å²) < 4.78 is 10.4. The molecule has 1 aromatic rings. The maximum absolute atomic E-state index is 11.8. The van der Waals surface area contributed by atoms with E-state index in [0.29, 0.717) is 16.6 Å². The third kappa shape index (κ3) is 5.73. The van der Waals surface area contributed by atoms with Crippen LogP contribution in [0.5, 0.6) is 11.5 Å². The largest absolute Gasteiger partial charge is 0.493 e. The van der Waals surface area contributed by atoms with Gasteiger partial charge in [-0.2, -0.15) is 0 Å². The molecule has 0 spiro atoms. The summed E-state index contributed by atoms with van der Waals surface area (Å²) in [4.78, 5) is 11.8. The molecule has 22 heavy (non-hydrogen) atoms. The zero-order chi connectivity index (χ0) is 16.5. The van der Waals surface area contributed by atoms with Crippen molar-refractivity contribution in [3.05, 3.63) is 29.8 Å². The number of hydrogen-bond acceptors (Lipinski definition) is 4. The van der Waals surface area contributed by atoms with E-state index in [4.69, 9.17) is 21.7 Å². The Bertz CT molecular complexity index is 558. The van der Waals surface area contributed by atoms with Crippen molar-refractivity contribution in [2.24, 2.45) is 0 Å². The lowest BCUT2D eigenvalue weighted by molar-refractivity contribution is -0.115. The highest BCUT2D eigenvalue weighted by atomic mass is 32.1. The average molecular weight is 322 g/mol. The molecule has 0 bridgehead atoms. The number of amides is 1. The van der Waals surface area contributed by atoms with Gasteiger partial charge >= 0.3 is 0 Å². The van der Waals surface area contributed by atoms with Crippen molar-refractivity contribution >= 4 is 29.3 Å². The minimum Gasteiger partial charge on any atom is -0.493 e. The van der Waals surface area contributed by atoms with Gasteiger partial charge in [0.2, 0.25) is 5.91 Å². The molecular formula is C16H22N2O3S. The van der Waals surface area contributed by atoms with E-state index < -0.39 is 0 Å². The normalized spacial score (nSPS) is 11.8. The predicted molar refractivity (Wildman–Crippen MR) is 92.2 cm³/mol. The smallest absolute Gasteiger partial charge is 0.250 e. The van der Waals surface area contributed by atoms with Gasteiger partial charge in [0.25, 0.3) is 0 Å². The van der Waals surface area contributed by atoms with Crippen LogP contribution in [0.4, 0.5) is 0 Å². The number of carbonyl (C=O) groups is 1. The predicted octanol–water partition coefficient (Wildman–Crippen LogP) is 2.51. The Labute approximate surface area is 136 Å². The molecule has 120 valence electrons. The molecule has 1 amide bonds. The summed E-state index contributed by atoms with van der Waals surface area (Å²) >= 11 is 5.06. The van der Waals surface area contributed by atoms with Gasteiger partial charge in [0.05, 0.1) is 14.2 Å². The van der Waals surface area contributed by atoms with Gasteiger partial charge in [-0.25, -0.2) is 0 Å². The van der Waals surface area contributed by atoms with Crippen LogP contribution in [0.2, 0.25) is 0 Å². The Balaban J connectivity index is 2.64. The van der Waals surface area contributed by atoms with Crippen molar-refractivity contribution in [2.45, 2.75) is 26.3 Å². The topological polar surface area (TPSA) is 59.6 Å². The number of methoxy groups -OCH3 is 2. The second-order valence-electron chi connectivity index (χ2n) is 4.72. The van der Waals surface area contributed by atoms with Gasteiger partial charge in [0, 0.05) is 12.1 Å². The SMILES string of the molecule is CCC(C)NC(=S)NC(=O)/C=C/c1ccc(OC)c(OC)c1. The van der Waals surface area contributed by atoms with Crippen LogP contribution in [0.25, 0.3) is 6.08 Å². The van der Waals surface area contributed by atoms with E-state index in [1.165, 1.54) is 6.08 Å². The highest BCUT2D eigenvalue weighted by Gasteiger charge is 2.05. The van der Waals surface area contributed by atoms with Crippen LogP contribution in [-0.4, -0.2) is 31.3 Å². The monoisotopic (exact) mass is 322 g/mol. The number of carbonyl (C=O) groups excluding carboxylic acids is 1. The summed E-state index contributed by atoms with van der Waals surface area (Å²) in [6.45, 7) is 4.04. The molecule has 0 aliphatic carbocycles. The molecule has 0 saturated carbocycles. The standard InChI is InChI=1S/C16H22N2O3S/c1-5-11(2)17-16(22)18-15(19)9-7-12-6-8-13(20-3)14(10-12)21-4/h6-11H,5H2,1-4H3,(H2,17,18,19,22)/b9-7+. The van der Waals surface area contributed by atoms with Gasteiger partial charge in [0.15, 0.2) is 16.6 Å². The zero-order valence-electron chi connectivity index (χ0n) is 13.3. The second-order valence-corrected chi connectivity index (χ2v) is 5.13. The highest BCUT2D eigenvalue weighted by molar-refractivity contribution is 7.80. The van der Waals surface area contributed by atoms with E-state index in [9.17, 15) is 4.79 Å². The molecular weight excluding hydrogens is 300 g/mol. The van der Waals surface area contributed by atoms with Crippen LogP contribution < -0.4 is 20.1 Å². The quantitative estimate of drug-likeness (QED) is 0.622. The van der Waals surface area contributed by atoms with E-state index in [1.807, 2.05) is 19.9 Å².